The Hall–Kier alpha value is -1.80. The first-order valence-corrected chi connectivity index (χ1v) is 8.60. The molecule has 8 nitrogen and oxygen atoms in total. The van der Waals surface area contributed by atoms with E-state index in [9.17, 15) is 9.59 Å². The first kappa shape index (κ1) is 21.2. The Morgan fingerprint density at radius 2 is 2.20 bits per heavy atom. The van der Waals surface area contributed by atoms with E-state index in [-0.39, 0.29) is 25.7 Å². The summed E-state index contributed by atoms with van der Waals surface area (Å²) in [6.45, 7) is 2.91. The zero-order valence-electron chi connectivity index (χ0n) is 14.1. The Labute approximate surface area is 161 Å². The quantitative estimate of drug-likeness (QED) is 0.234. The lowest BCUT2D eigenvalue weighted by Crippen LogP contribution is -2.45. The number of nitrogens with zero attached hydrogens (tertiary/aromatic N) is 2. The second kappa shape index (κ2) is 11.7. The van der Waals surface area contributed by atoms with Gasteiger partial charge in [-0.15, -0.1) is 12.3 Å². The standard InChI is InChI=1S/C16H22IN3O5/c1-3-4-10-23-15(22)24-11-16(2,12-25-17)14(21)19-6-5-8-20-9-7-18-13-20/h1,7,9,13H,4-6,8,10-12H2,2H3,(H,19,21). The van der Waals surface area contributed by atoms with Gasteiger partial charge in [0.25, 0.3) is 0 Å². The molecule has 0 spiro atoms. The molecule has 0 saturated heterocycles. The zero-order chi connectivity index (χ0) is 18.5. The van der Waals surface area contributed by atoms with E-state index in [0.717, 1.165) is 13.0 Å². The van der Waals surface area contributed by atoms with Crippen LogP contribution in [0.5, 0.6) is 0 Å². The SMILES string of the molecule is C#CCCOC(=O)OCC(C)(COI)C(=O)NCCCn1ccnc1. The summed E-state index contributed by atoms with van der Waals surface area (Å²) in [6.07, 6.45) is 10.5. The lowest BCUT2D eigenvalue weighted by molar-refractivity contribution is -0.134. The third kappa shape index (κ3) is 8.22. The maximum atomic E-state index is 12.4. The molecule has 0 aliphatic carbocycles. The monoisotopic (exact) mass is 463 g/mol. The Kier molecular flexibility index (Phi) is 9.94. The molecule has 138 valence electrons. The highest BCUT2D eigenvalue weighted by Crippen LogP contribution is 2.19. The molecule has 1 rings (SSSR count). The molecule has 0 aromatic carbocycles. The van der Waals surface area contributed by atoms with E-state index < -0.39 is 11.6 Å². The van der Waals surface area contributed by atoms with Crippen molar-refractivity contribution in [3.05, 3.63) is 18.7 Å². The van der Waals surface area contributed by atoms with E-state index in [2.05, 4.69) is 16.2 Å². The van der Waals surface area contributed by atoms with Gasteiger partial charge in [0, 0.05) is 31.9 Å². The third-order valence-electron chi connectivity index (χ3n) is 3.33. The van der Waals surface area contributed by atoms with Crippen molar-refractivity contribution in [3.63, 3.8) is 0 Å². The van der Waals surface area contributed by atoms with Crippen LogP contribution in [0.15, 0.2) is 18.7 Å². The molecule has 0 bridgehead atoms. The average molecular weight is 463 g/mol. The van der Waals surface area contributed by atoms with E-state index in [1.54, 1.807) is 42.5 Å². The number of ether oxygens (including phenoxy) is 2. The van der Waals surface area contributed by atoms with Gasteiger partial charge >= 0.3 is 6.16 Å². The smallest absolute Gasteiger partial charge is 0.433 e. The predicted molar refractivity (Wildman–Crippen MR) is 98.7 cm³/mol. The molecule has 0 saturated carbocycles. The van der Waals surface area contributed by atoms with Crippen molar-refractivity contribution >= 4 is 35.1 Å². The first-order valence-electron chi connectivity index (χ1n) is 7.72. The second-order valence-electron chi connectivity index (χ2n) is 5.57. The summed E-state index contributed by atoms with van der Waals surface area (Å²) in [4.78, 5) is 27.9. The molecule has 1 aromatic rings. The summed E-state index contributed by atoms with van der Waals surface area (Å²) in [5.41, 5.74) is -1.01. The molecule has 0 fully saturated rings. The van der Waals surface area contributed by atoms with Crippen molar-refractivity contribution in [2.24, 2.45) is 5.41 Å². The molecule has 1 N–H and O–H groups in total. The van der Waals surface area contributed by atoms with Gasteiger partial charge in [0.2, 0.25) is 5.91 Å². The van der Waals surface area contributed by atoms with Crippen molar-refractivity contribution in [2.75, 3.05) is 26.4 Å². The number of nitrogens with one attached hydrogen (secondary N) is 1. The number of amides is 1. The number of halogens is 1. The van der Waals surface area contributed by atoms with Crippen molar-refractivity contribution < 1.29 is 22.1 Å². The van der Waals surface area contributed by atoms with Crippen LogP contribution in [0.4, 0.5) is 4.79 Å². The van der Waals surface area contributed by atoms with Crippen LogP contribution >= 0.6 is 23.0 Å². The van der Waals surface area contributed by atoms with E-state index >= 15 is 0 Å². The molecule has 1 heterocycles. The normalized spacial score (nSPS) is 12.7. The lowest BCUT2D eigenvalue weighted by atomic mass is 9.92. The van der Waals surface area contributed by atoms with E-state index in [0.29, 0.717) is 13.0 Å². The fraction of sp³-hybridized carbons (Fsp3) is 0.562. The van der Waals surface area contributed by atoms with Gasteiger partial charge in [-0.3, -0.25) is 4.79 Å². The highest BCUT2D eigenvalue weighted by Gasteiger charge is 2.35. The van der Waals surface area contributed by atoms with Crippen LogP contribution in [0.25, 0.3) is 0 Å². The summed E-state index contributed by atoms with van der Waals surface area (Å²) in [5, 5.41) is 2.83. The van der Waals surface area contributed by atoms with Crippen LogP contribution < -0.4 is 5.32 Å². The van der Waals surface area contributed by atoms with Gasteiger partial charge in [-0.1, -0.05) is 0 Å². The van der Waals surface area contributed by atoms with Crippen LogP contribution in [0.2, 0.25) is 0 Å². The molecule has 0 aliphatic heterocycles. The summed E-state index contributed by atoms with van der Waals surface area (Å²) in [7, 11) is 0. The van der Waals surface area contributed by atoms with Crippen molar-refractivity contribution in [1.29, 1.82) is 0 Å². The Balaban J connectivity index is 2.38. The molecular formula is C16H22IN3O5. The largest absolute Gasteiger partial charge is 0.508 e. The summed E-state index contributed by atoms with van der Waals surface area (Å²) in [5.74, 6) is 2.09. The third-order valence-corrected chi connectivity index (χ3v) is 3.65. The fourth-order valence-corrected chi connectivity index (χ4v) is 2.53. The summed E-state index contributed by atoms with van der Waals surface area (Å²) in [6, 6.07) is 0. The summed E-state index contributed by atoms with van der Waals surface area (Å²) < 4.78 is 16.8. The van der Waals surface area contributed by atoms with Gasteiger partial charge in [-0.05, 0) is 13.3 Å². The molecule has 0 aliphatic rings. The maximum Gasteiger partial charge on any atom is 0.508 e. The number of imidazole rings is 1. The molecule has 0 radical (unpaired) electrons. The van der Waals surface area contributed by atoms with Crippen LogP contribution in [-0.2, 0) is 23.9 Å². The van der Waals surface area contributed by atoms with Gasteiger partial charge in [0.15, 0.2) is 0 Å². The average Bonchev–Trinajstić information content (AvgIpc) is 3.10. The molecule has 25 heavy (non-hydrogen) atoms. The molecule has 1 amide bonds. The first-order chi connectivity index (χ1) is 12.0. The van der Waals surface area contributed by atoms with Gasteiger partial charge < -0.3 is 22.4 Å². The number of carbonyl (C=O) groups excluding carboxylic acids is 2. The van der Waals surface area contributed by atoms with Crippen LogP contribution in [0, 0.1) is 17.8 Å². The minimum atomic E-state index is -1.01. The van der Waals surface area contributed by atoms with E-state index in [4.69, 9.17) is 19.0 Å². The molecule has 1 aromatic heterocycles. The van der Waals surface area contributed by atoms with Crippen molar-refractivity contribution in [3.8, 4) is 12.3 Å². The minimum Gasteiger partial charge on any atom is -0.433 e. The number of terminal acetylenes is 1. The lowest BCUT2D eigenvalue weighted by Gasteiger charge is -2.26. The molecular weight excluding hydrogens is 441 g/mol. The number of carbonyl (C=O) groups is 2. The highest BCUT2D eigenvalue weighted by molar-refractivity contribution is 14.1. The van der Waals surface area contributed by atoms with Crippen LogP contribution in [0.3, 0.4) is 0 Å². The number of aromatic nitrogens is 2. The fourth-order valence-electron chi connectivity index (χ4n) is 1.84. The van der Waals surface area contributed by atoms with Crippen molar-refractivity contribution in [2.45, 2.75) is 26.3 Å². The summed E-state index contributed by atoms with van der Waals surface area (Å²) >= 11 is 1.70. The molecule has 1 unspecified atom stereocenters. The van der Waals surface area contributed by atoms with Crippen molar-refractivity contribution in [1.82, 2.24) is 14.9 Å². The van der Waals surface area contributed by atoms with Gasteiger partial charge in [0.05, 0.1) is 12.9 Å². The zero-order valence-corrected chi connectivity index (χ0v) is 16.2. The van der Waals surface area contributed by atoms with Gasteiger partial charge in [-0.2, -0.15) is 0 Å². The predicted octanol–water partition coefficient (Wildman–Crippen LogP) is 1.94. The maximum absolute atomic E-state index is 12.4. The molecule has 9 heteroatoms. The van der Waals surface area contributed by atoms with Gasteiger partial charge in [-0.25, -0.2) is 9.78 Å². The Bertz CT molecular complexity index is 573. The second-order valence-corrected chi connectivity index (χ2v) is 6.19. The van der Waals surface area contributed by atoms with E-state index in [1.807, 2.05) is 10.8 Å². The number of rotatable bonds is 11. The van der Waals surface area contributed by atoms with Crippen LogP contribution in [-0.4, -0.2) is 48.0 Å². The minimum absolute atomic E-state index is 0.0786. The highest BCUT2D eigenvalue weighted by atomic mass is 127. The molecule has 1 atom stereocenters. The Morgan fingerprint density at radius 3 is 2.84 bits per heavy atom. The Morgan fingerprint density at radius 1 is 1.40 bits per heavy atom. The topological polar surface area (TPSA) is 91.7 Å². The van der Waals surface area contributed by atoms with Crippen LogP contribution in [0.1, 0.15) is 19.8 Å². The number of hydrogen-bond donors (Lipinski definition) is 1. The number of aryl methyl sites for hydroxylation is 1. The number of hydrogen-bond acceptors (Lipinski definition) is 6. The van der Waals surface area contributed by atoms with E-state index in [1.165, 1.54) is 0 Å². The van der Waals surface area contributed by atoms with Gasteiger partial charge in [0.1, 0.15) is 41.6 Å².